The molecule has 0 radical (unpaired) electrons. The number of methoxy groups -OCH3 is 3. The minimum atomic E-state index is 0. The second kappa shape index (κ2) is 13.8. The van der Waals surface area contributed by atoms with E-state index < -0.39 is 0 Å². The summed E-state index contributed by atoms with van der Waals surface area (Å²) in [7, 11) is 4.87. The van der Waals surface area contributed by atoms with Gasteiger partial charge in [0.15, 0.2) is 11.5 Å². The molecule has 0 saturated carbocycles. The van der Waals surface area contributed by atoms with Gasteiger partial charge in [0.2, 0.25) is 5.75 Å². The van der Waals surface area contributed by atoms with Crippen molar-refractivity contribution in [1.29, 1.82) is 0 Å². The van der Waals surface area contributed by atoms with Crippen LogP contribution in [0.4, 0.5) is 0 Å². The van der Waals surface area contributed by atoms with Crippen molar-refractivity contribution in [2.45, 2.75) is 19.9 Å². The molecule has 130 valence electrons. The van der Waals surface area contributed by atoms with Crippen molar-refractivity contribution in [3.05, 3.63) is 17.7 Å². The lowest BCUT2D eigenvalue weighted by Gasteiger charge is -2.14. The van der Waals surface area contributed by atoms with Crippen LogP contribution < -0.4 is 24.8 Å². The van der Waals surface area contributed by atoms with Crippen molar-refractivity contribution >= 4 is 24.8 Å². The lowest BCUT2D eigenvalue weighted by Crippen LogP contribution is -2.21. The molecule has 22 heavy (non-hydrogen) atoms. The van der Waals surface area contributed by atoms with E-state index in [-0.39, 0.29) is 24.8 Å². The summed E-state index contributed by atoms with van der Waals surface area (Å²) in [6.45, 7) is 5.93. The molecule has 0 spiro atoms. The maximum Gasteiger partial charge on any atom is 0.203 e. The summed E-state index contributed by atoms with van der Waals surface area (Å²) in [6, 6.07) is 3.94. The number of hydrogen-bond donors (Lipinski definition) is 2. The third kappa shape index (κ3) is 7.40. The second-order valence-corrected chi connectivity index (χ2v) is 4.42. The molecular formula is C15H28Cl2N2O3. The van der Waals surface area contributed by atoms with E-state index in [1.165, 1.54) is 0 Å². The molecule has 1 rings (SSSR count). The predicted molar refractivity (Wildman–Crippen MR) is 95.5 cm³/mol. The van der Waals surface area contributed by atoms with Crippen LogP contribution in [0, 0.1) is 0 Å². The van der Waals surface area contributed by atoms with Crippen LogP contribution in [0.1, 0.15) is 18.9 Å². The summed E-state index contributed by atoms with van der Waals surface area (Å²) in [6.07, 6.45) is 1.11. The van der Waals surface area contributed by atoms with Gasteiger partial charge in [-0.05, 0) is 43.8 Å². The van der Waals surface area contributed by atoms with Crippen LogP contribution in [-0.2, 0) is 6.54 Å². The van der Waals surface area contributed by atoms with Gasteiger partial charge in [0.05, 0.1) is 21.3 Å². The number of rotatable bonds is 10. The fraction of sp³-hybridized carbons (Fsp3) is 0.600. The highest BCUT2D eigenvalue weighted by atomic mass is 35.5. The van der Waals surface area contributed by atoms with Crippen LogP contribution >= 0.6 is 24.8 Å². The van der Waals surface area contributed by atoms with Gasteiger partial charge < -0.3 is 24.8 Å². The molecule has 0 aliphatic carbocycles. The minimum absolute atomic E-state index is 0. The highest BCUT2D eigenvalue weighted by Crippen LogP contribution is 2.38. The Morgan fingerprint density at radius 1 is 0.864 bits per heavy atom. The molecule has 0 bridgehead atoms. The van der Waals surface area contributed by atoms with E-state index in [9.17, 15) is 0 Å². The van der Waals surface area contributed by atoms with E-state index in [1.807, 2.05) is 12.1 Å². The van der Waals surface area contributed by atoms with Gasteiger partial charge in [-0.3, -0.25) is 0 Å². The number of benzene rings is 1. The summed E-state index contributed by atoms with van der Waals surface area (Å²) in [5.41, 5.74) is 1.11. The topological polar surface area (TPSA) is 51.8 Å². The SMILES string of the molecule is CCNCCCNCc1cc(OC)c(OC)c(OC)c1.Cl.Cl. The summed E-state index contributed by atoms with van der Waals surface area (Å²) in [5, 5.41) is 6.71. The van der Waals surface area contributed by atoms with Crippen molar-refractivity contribution < 1.29 is 14.2 Å². The predicted octanol–water partition coefficient (Wildman–Crippen LogP) is 2.65. The minimum Gasteiger partial charge on any atom is -0.493 e. The first-order valence-corrected chi connectivity index (χ1v) is 6.97. The zero-order valence-electron chi connectivity index (χ0n) is 13.7. The van der Waals surface area contributed by atoms with Gasteiger partial charge in [0, 0.05) is 6.54 Å². The summed E-state index contributed by atoms with van der Waals surface area (Å²) >= 11 is 0. The quantitative estimate of drug-likeness (QED) is 0.632. The van der Waals surface area contributed by atoms with Crippen LogP contribution in [-0.4, -0.2) is 41.0 Å². The Bertz CT molecular complexity index is 381. The van der Waals surface area contributed by atoms with Gasteiger partial charge in [0.1, 0.15) is 0 Å². The maximum absolute atomic E-state index is 5.34. The second-order valence-electron chi connectivity index (χ2n) is 4.42. The fourth-order valence-corrected chi connectivity index (χ4v) is 1.99. The van der Waals surface area contributed by atoms with Gasteiger partial charge in [-0.2, -0.15) is 0 Å². The average molecular weight is 355 g/mol. The molecule has 0 aromatic heterocycles. The largest absolute Gasteiger partial charge is 0.493 e. The Labute approximate surface area is 145 Å². The fourth-order valence-electron chi connectivity index (χ4n) is 1.99. The molecule has 0 unspecified atom stereocenters. The van der Waals surface area contributed by atoms with E-state index in [1.54, 1.807) is 21.3 Å². The van der Waals surface area contributed by atoms with Crippen molar-refractivity contribution in [2.75, 3.05) is 41.0 Å². The van der Waals surface area contributed by atoms with Gasteiger partial charge in [-0.1, -0.05) is 6.92 Å². The molecule has 1 aromatic rings. The van der Waals surface area contributed by atoms with Crippen LogP contribution in [0.2, 0.25) is 0 Å². The molecule has 0 atom stereocenters. The average Bonchev–Trinajstić information content (AvgIpc) is 2.49. The Kier molecular flexibility index (Phi) is 14.6. The highest BCUT2D eigenvalue weighted by molar-refractivity contribution is 5.85. The van der Waals surface area contributed by atoms with Gasteiger partial charge >= 0.3 is 0 Å². The Morgan fingerprint density at radius 2 is 1.41 bits per heavy atom. The normalized spacial score (nSPS) is 9.45. The monoisotopic (exact) mass is 354 g/mol. The van der Waals surface area contributed by atoms with E-state index in [0.29, 0.717) is 17.2 Å². The number of nitrogens with one attached hydrogen (secondary N) is 2. The molecule has 1 aromatic carbocycles. The molecule has 7 heteroatoms. The lowest BCUT2D eigenvalue weighted by atomic mass is 10.1. The standard InChI is InChI=1S/C15H26N2O3.2ClH/c1-5-16-7-6-8-17-11-12-9-13(18-2)15(20-4)14(10-12)19-3;;/h9-10,16-17H,5-8,11H2,1-4H3;2*1H. The third-order valence-electron chi connectivity index (χ3n) is 3.01. The molecule has 2 N–H and O–H groups in total. The molecule has 0 fully saturated rings. The first-order chi connectivity index (χ1) is 9.76. The van der Waals surface area contributed by atoms with E-state index in [4.69, 9.17) is 14.2 Å². The first kappa shape index (κ1) is 23.4. The van der Waals surface area contributed by atoms with Crippen molar-refractivity contribution in [3.8, 4) is 17.2 Å². The molecular weight excluding hydrogens is 327 g/mol. The van der Waals surface area contributed by atoms with E-state index in [0.717, 1.165) is 38.2 Å². The maximum atomic E-state index is 5.34. The van der Waals surface area contributed by atoms with E-state index >= 15 is 0 Å². The Balaban J connectivity index is 0. The summed E-state index contributed by atoms with van der Waals surface area (Å²) in [5.74, 6) is 2.01. The summed E-state index contributed by atoms with van der Waals surface area (Å²) < 4.78 is 16.0. The molecule has 0 amide bonds. The van der Waals surface area contributed by atoms with E-state index in [2.05, 4.69) is 17.6 Å². The number of halogens is 2. The Morgan fingerprint density at radius 3 is 1.86 bits per heavy atom. The van der Waals surface area contributed by atoms with Gasteiger partial charge in [0.25, 0.3) is 0 Å². The van der Waals surface area contributed by atoms with Gasteiger partial charge in [-0.25, -0.2) is 0 Å². The van der Waals surface area contributed by atoms with Gasteiger partial charge in [-0.15, -0.1) is 24.8 Å². The molecule has 0 aliphatic rings. The Hall–Kier alpha value is -0.880. The van der Waals surface area contributed by atoms with Crippen molar-refractivity contribution in [2.24, 2.45) is 0 Å². The smallest absolute Gasteiger partial charge is 0.203 e. The van der Waals surface area contributed by atoms with Crippen LogP contribution in [0.3, 0.4) is 0 Å². The molecule has 0 heterocycles. The molecule has 0 aliphatic heterocycles. The molecule has 5 nitrogen and oxygen atoms in total. The highest BCUT2D eigenvalue weighted by Gasteiger charge is 2.12. The van der Waals surface area contributed by atoms with Crippen molar-refractivity contribution in [1.82, 2.24) is 10.6 Å². The third-order valence-corrected chi connectivity index (χ3v) is 3.01. The number of hydrogen-bond acceptors (Lipinski definition) is 5. The number of ether oxygens (including phenoxy) is 3. The molecule has 0 saturated heterocycles. The van der Waals surface area contributed by atoms with Crippen LogP contribution in [0.5, 0.6) is 17.2 Å². The van der Waals surface area contributed by atoms with Crippen LogP contribution in [0.15, 0.2) is 12.1 Å². The first-order valence-electron chi connectivity index (χ1n) is 6.97. The van der Waals surface area contributed by atoms with Crippen molar-refractivity contribution in [3.63, 3.8) is 0 Å². The zero-order chi connectivity index (χ0) is 14.8. The lowest BCUT2D eigenvalue weighted by molar-refractivity contribution is 0.323. The summed E-state index contributed by atoms with van der Waals surface area (Å²) in [4.78, 5) is 0. The zero-order valence-corrected chi connectivity index (χ0v) is 15.4. The van der Waals surface area contributed by atoms with Crippen LogP contribution in [0.25, 0.3) is 0 Å².